The topological polar surface area (TPSA) is 73.3 Å². The van der Waals surface area contributed by atoms with Crippen molar-refractivity contribution in [1.29, 1.82) is 0 Å². The molecule has 0 radical (unpaired) electrons. The number of sulfone groups is 1. The van der Waals surface area contributed by atoms with E-state index in [-0.39, 0.29) is 15.4 Å². The predicted octanol–water partition coefficient (Wildman–Crippen LogP) is 5.01. The zero-order valence-corrected chi connectivity index (χ0v) is 18.0. The Morgan fingerprint density at radius 3 is 2.35 bits per heavy atom. The summed E-state index contributed by atoms with van der Waals surface area (Å²) < 4.78 is 32.7. The van der Waals surface area contributed by atoms with Crippen LogP contribution in [-0.4, -0.2) is 25.8 Å². The van der Waals surface area contributed by atoms with Gasteiger partial charge < -0.3 is 4.74 Å². The molecule has 156 valence electrons. The van der Waals surface area contributed by atoms with E-state index in [0.717, 1.165) is 5.56 Å². The lowest BCUT2D eigenvalue weighted by Gasteiger charge is -2.14. The molecule has 0 aliphatic rings. The van der Waals surface area contributed by atoms with E-state index in [4.69, 9.17) is 4.74 Å². The molecule has 0 fully saturated rings. The molecule has 0 saturated carbocycles. The van der Waals surface area contributed by atoms with Gasteiger partial charge in [0, 0.05) is 17.1 Å². The first kappa shape index (κ1) is 20.8. The van der Waals surface area contributed by atoms with Crippen molar-refractivity contribution in [3.63, 3.8) is 0 Å². The normalized spacial score (nSPS) is 11.4. The molecule has 3 aromatic carbocycles. The molecular weight excluding hydrogens is 410 g/mol. The van der Waals surface area contributed by atoms with Crippen LogP contribution in [-0.2, 0) is 9.84 Å². The number of carbonyl (C=O) groups is 1. The van der Waals surface area contributed by atoms with E-state index < -0.39 is 15.6 Å². The second-order valence-electron chi connectivity index (χ2n) is 7.12. The third kappa shape index (κ3) is 3.94. The molecule has 0 aliphatic heterocycles. The van der Waals surface area contributed by atoms with Gasteiger partial charge in [0.15, 0.2) is 5.78 Å². The van der Waals surface area contributed by atoms with Crippen molar-refractivity contribution in [2.45, 2.75) is 23.6 Å². The largest absolute Gasteiger partial charge is 0.494 e. The molecule has 0 aliphatic carbocycles. The van der Waals surface area contributed by atoms with Gasteiger partial charge in [0.1, 0.15) is 5.75 Å². The number of aromatic nitrogens is 1. The Kier molecular flexibility index (Phi) is 5.57. The summed E-state index contributed by atoms with van der Waals surface area (Å²) in [5, 5.41) is 0.431. The number of aryl methyl sites for hydroxylation is 1. The Bertz CT molecular complexity index is 1360. The molecule has 4 rings (SSSR count). The number of ketones is 1. The van der Waals surface area contributed by atoms with Crippen molar-refractivity contribution in [3.05, 3.63) is 95.7 Å². The van der Waals surface area contributed by atoms with Gasteiger partial charge in [-0.1, -0.05) is 29.8 Å². The van der Waals surface area contributed by atoms with E-state index >= 15 is 0 Å². The second-order valence-corrected chi connectivity index (χ2v) is 9.01. The quantitative estimate of drug-likeness (QED) is 0.402. The standard InChI is InChI=1S/C25H21NO4S/c1-3-30-19-12-10-18(11-13-19)24(27)22-16-26-23-14-9-17(2)15-21(23)25(22)31(28,29)20-7-5-4-6-8-20/h4-16H,3H2,1-2H3. The maximum atomic E-state index is 13.7. The highest BCUT2D eigenvalue weighted by molar-refractivity contribution is 7.91. The lowest BCUT2D eigenvalue weighted by Crippen LogP contribution is -2.12. The summed E-state index contributed by atoms with van der Waals surface area (Å²) >= 11 is 0. The minimum atomic E-state index is -3.97. The molecular formula is C25H21NO4S. The summed E-state index contributed by atoms with van der Waals surface area (Å²) in [4.78, 5) is 17.9. The van der Waals surface area contributed by atoms with E-state index in [1.807, 2.05) is 19.9 Å². The van der Waals surface area contributed by atoms with Gasteiger partial charge in [-0.2, -0.15) is 0 Å². The Morgan fingerprint density at radius 1 is 0.968 bits per heavy atom. The van der Waals surface area contributed by atoms with Gasteiger partial charge in [0.2, 0.25) is 9.84 Å². The number of carbonyl (C=O) groups excluding carboxylic acids is 1. The molecule has 0 atom stereocenters. The molecule has 0 amide bonds. The van der Waals surface area contributed by atoms with Crippen LogP contribution in [0.1, 0.15) is 28.4 Å². The highest BCUT2D eigenvalue weighted by atomic mass is 32.2. The van der Waals surface area contributed by atoms with E-state index in [0.29, 0.717) is 28.8 Å². The van der Waals surface area contributed by atoms with Gasteiger partial charge in [0.05, 0.1) is 27.5 Å². The maximum absolute atomic E-state index is 13.7. The van der Waals surface area contributed by atoms with Crippen LogP contribution in [0.2, 0.25) is 0 Å². The van der Waals surface area contributed by atoms with Crippen molar-refractivity contribution >= 4 is 26.5 Å². The summed E-state index contributed by atoms with van der Waals surface area (Å²) in [6.07, 6.45) is 1.35. The third-order valence-electron chi connectivity index (χ3n) is 4.97. The average Bonchev–Trinajstić information content (AvgIpc) is 2.79. The number of ether oxygens (including phenoxy) is 1. The summed E-state index contributed by atoms with van der Waals surface area (Å²) in [6, 6.07) is 20.2. The Balaban J connectivity index is 1.95. The van der Waals surface area contributed by atoms with Crippen LogP contribution in [0.5, 0.6) is 5.75 Å². The maximum Gasteiger partial charge on any atom is 0.208 e. The molecule has 0 bridgehead atoms. The third-order valence-corrected chi connectivity index (χ3v) is 6.84. The fourth-order valence-electron chi connectivity index (χ4n) is 3.48. The summed E-state index contributed by atoms with van der Waals surface area (Å²) in [5.74, 6) is 0.233. The first-order valence-corrected chi connectivity index (χ1v) is 11.4. The van der Waals surface area contributed by atoms with Crippen molar-refractivity contribution in [2.24, 2.45) is 0 Å². The van der Waals surface area contributed by atoms with Crippen LogP contribution in [0.4, 0.5) is 0 Å². The zero-order chi connectivity index (χ0) is 22.0. The molecule has 31 heavy (non-hydrogen) atoms. The second kappa shape index (κ2) is 8.32. The number of hydrogen-bond donors (Lipinski definition) is 0. The molecule has 0 saturated heterocycles. The van der Waals surface area contributed by atoms with E-state index in [1.165, 1.54) is 18.3 Å². The van der Waals surface area contributed by atoms with Crippen LogP contribution in [0.3, 0.4) is 0 Å². The smallest absolute Gasteiger partial charge is 0.208 e. The molecule has 5 nitrogen and oxygen atoms in total. The lowest BCUT2D eigenvalue weighted by molar-refractivity contribution is 0.103. The molecule has 0 N–H and O–H groups in total. The van der Waals surface area contributed by atoms with Gasteiger partial charge in [0.25, 0.3) is 0 Å². The van der Waals surface area contributed by atoms with E-state index in [2.05, 4.69) is 4.98 Å². The Hall–Kier alpha value is -3.51. The van der Waals surface area contributed by atoms with Crippen molar-refractivity contribution < 1.29 is 17.9 Å². The van der Waals surface area contributed by atoms with Crippen LogP contribution in [0.25, 0.3) is 10.9 Å². The molecule has 0 spiro atoms. The summed E-state index contributed by atoms with van der Waals surface area (Å²) in [7, 11) is -3.97. The lowest BCUT2D eigenvalue weighted by atomic mass is 10.0. The van der Waals surface area contributed by atoms with Crippen molar-refractivity contribution in [1.82, 2.24) is 4.98 Å². The fourth-order valence-corrected chi connectivity index (χ4v) is 5.11. The van der Waals surface area contributed by atoms with Crippen LogP contribution in [0.15, 0.2) is 88.8 Å². The number of rotatable bonds is 6. The summed E-state index contributed by atoms with van der Waals surface area (Å²) in [5.41, 5.74) is 1.81. The zero-order valence-electron chi connectivity index (χ0n) is 17.2. The fraction of sp³-hybridized carbons (Fsp3) is 0.120. The number of nitrogens with zero attached hydrogens (tertiary/aromatic N) is 1. The SMILES string of the molecule is CCOc1ccc(C(=O)c2cnc3ccc(C)cc3c2S(=O)(=O)c2ccccc2)cc1. The Labute approximate surface area is 181 Å². The Morgan fingerprint density at radius 2 is 1.68 bits per heavy atom. The minimum absolute atomic E-state index is 0.0220. The van der Waals surface area contributed by atoms with E-state index in [1.54, 1.807) is 54.6 Å². The number of pyridine rings is 1. The highest BCUT2D eigenvalue weighted by Gasteiger charge is 2.28. The minimum Gasteiger partial charge on any atom is -0.494 e. The van der Waals surface area contributed by atoms with E-state index in [9.17, 15) is 13.2 Å². The van der Waals surface area contributed by atoms with Crippen molar-refractivity contribution in [3.8, 4) is 5.75 Å². The monoisotopic (exact) mass is 431 g/mol. The van der Waals surface area contributed by atoms with Gasteiger partial charge in [-0.05, 0) is 62.4 Å². The molecule has 4 aromatic rings. The molecule has 6 heteroatoms. The van der Waals surface area contributed by atoms with Gasteiger partial charge in [-0.15, -0.1) is 0 Å². The van der Waals surface area contributed by atoms with Crippen molar-refractivity contribution in [2.75, 3.05) is 6.61 Å². The van der Waals surface area contributed by atoms with Crippen LogP contribution >= 0.6 is 0 Å². The number of fused-ring (bicyclic) bond motifs is 1. The first-order chi connectivity index (χ1) is 14.9. The first-order valence-electron chi connectivity index (χ1n) is 9.89. The van der Waals surface area contributed by atoms with Crippen LogP contribution < -0.4 is 4.74 Å². The highest BCUT2D eigenvalue weighted by Crippen LogP contribution is 2.32. The number of hydrogen-bond acceptors (Lipinski definition) is 5. The van der Waals surface area contributed by atoms with Gasteiger partial charge in [-0.3, -0.25) is 9.78 Å². The molecule has 0 unspecified atom stereocenters. The summed E-state index contributed by atoms with van der Waals surface area (Å²) in [6.45, 7) is 4.27. The number of benzene rings is 3. The predicted molar refractivity (Wildman–Crippen MR) is 119 cm³/mol. The molecule has 1 heterocycles. The van der Waals surface area contributed by atoms with Crippen LogP contribution in [0, 0.1) is 6.92 Å². The van der Waals surface area contributed by atoms with Gasteiger partial charge in [-0.25, -0.2) is 8.42 Å². The van der Waals surface area contributed by atoms with Gasteiger partial charge >= 0.3 is 0 Å². The average molecular weight is 432 g/mol. The molecule has 1 aromatic heterocycles.